The summed E-state index contributed by atoms with van der Waals surface area (Å²) in [6.07, 6.45) is 7.59. The quantitative estimate of drug-likeness (QED) is 0.706. The molecule has 0 aliphatic heterocycles. The Hall–Kier alpha value is -1.99. The van der Waals surface area contributed by atoms with Gasteiger partial charge in [-0.2, -0.15) is 0 Å². The maximum Gasteiger partial charge on any atom is 0.274 e. The fourth-order valence-corrected chi connectivity index (χ4v) is 4.70. The molecule has 7 heteroatoms. The van der Waals surface area contributed by atoms with Crippen LogP contribution in [0.5, 0.6) is 0 Å². The van der Waals surface area contributed by atoms with E-state index in [1.54, 1.807) is 13.4 Å². The molecule has 2 unspecified atom stereocenters. The van der Waals surface area contributed by atoms with Crippen molar-refractivity contribution in [2.24, 2.45) is 11.8 Å². The molecule has 28 heavy (non-hydrogen) atoms. The van der Waals surface area contributed by atoms with Crippen molar-refractivity contribution >= 4 is 11.6 Å². The third-order valence-corrected chi connectivity index (χ3v) is 6.12. The summed E-state index contributed by atoms with van der Waals surface area (Å²) in [5.41, 5.74) is 2.77. The van der Waals surface area contributed by atoms with Gasteiger partial charge in [-0.1, -0.05) is 13.3 Å². The van der Waals surface area contributed by atoms with Crippen molar-refractivity contribution in [3.8, 4) is 0 Å². The summed E-state index contributed by atoms with van der Waals surface area (Å²) in [7, 11) is 1.65. The zero-order valence-electron chi connectivity index (χ0n) is 17.0. The highest BCUT2D eigenvalue weighted by Crippen LogP contribution is 2.46. The van der Waals surface area contributed by atoms with Crippen molar-refractivity contribution in [2.75, 3.05) is 13.7 Å². The minimum atomic E-state index is -0.131. The first-order chi connectivity index (χ1) is 13.6. The predicted molar refractivity (Wildman–Crippen MR) is 105 cm³/mol. The van der Waals surface area contributed by atoms with E-state index in [1.807, 2.05) is 17.4 Å². The molecule has 152 valence electrons. The number of carbonyl (C=O) groups is 1. The summed E-state index contributed by atoms with van der Waals surface area (Å²) in [6, 6.07) is 2.19. The van der Waals surface area contributed by atoms with Gasteiger partial charge in [-0.25, -0.2) is 9.97 Å². The number of aromatic nitrogens is 3. The Labute approximate surface area is 165 Å². The molecule has 0 radical (unpaired) electrons. The number of aryl methyl sites for hydroxylation is 1. The number of amides is 1. The molecule has 1 N–H and O–H groups in total. The van der Waals surface area contributed by atoms with Crippen LogP contribution < -0.4 is 5.32 Å². The molecule has 2 aromatic heterocycles. The molecule has 0 spiro atoms. The largest absolute Gasteiger partial charge is 0.378 e. The van der Waals surface area contributed by atoms with Crippen LogP contribution in [0.3, 0.4) is 0 Å². The Morgan fingerprint density at radius 3 is 2.82 bits per heavy atom. The fraction of sp³-hybridized carbons (Fsp3) is 0.667. The third kappa shape index (κ3) is 3.65. The van der Waals surface area contributed by atoms with E-state index in [-0.39, 0.29) is 11.9 Å². The van der Waals surface area contributed by atoms with Crippen molar-refractivity contribution in [3.05, 3.63) is 29.5 Å². The van der Waals surface area contributed by atoms with Crippen LogP contribution in [0.15, 0.2) is 12.4 Å². The smallest absolute Gasteiger partial charge is 0.274 e. The standard InChI is InChI=1S/C21H30N4O3/c1-4-5-6-28-17-9-14-8-15(10-17)18(14)24-21(26)19-20-23-13(2)7-16(11-27-3)25(20)12-22-19/h7,12,14-15,17-18H,4-6,8-11H2,1-3H3,(H,24,26)/t14-,15+,17?,18?. The molecule has 2 bridgehead atoms. The number of methoxy groups -OCH3 is 1. The van der Waals surface area contributed by atoms with E-state index in [2.05, 4.69) is 22.2 Å². The fourth-order valence-electron chi connectivity index (χ4n) is 4.70. The molecule has 5 rings (SSSR count). The topological polar surface area (TPSA) is 77.8 Å². The molecule has 4 atom stereocenters. The van der Waals surface area contributed by atoms with Crippen LogP contribution in [0.25, 0.3) is 5.65 Å². The van der Waals surface area contributed by atoms with Crippen molar-refractivity contribution in [3.63, 3.8) is 0 Å². The Bertz CT molecular complexity index is 838. The number of fused-ring (bicyclic) bond motifs is 3. The number of nitrogens with zero attached hydrogens (tertiary/aromatic N) is 3. The highest BCUT2D eigenvalue weighted by molar-refractivity contribution is 5.98. The van der Waals surface area contributed by atoms with Gasteiger partial charge in [-0.3, -0.25) is 9.20 Å². The second-order valence-electron chi connectivity index (χ2n) is 8.18. The molecule has 7 nitrogen and oxygen atoms in total. The van der Waals surface area contributed by atoms with Crippen molar-refractivity contribution in [1.82, 2.24) is 19.7 Å². The Kier molecular flexibility index (Phi) is 5.64. The monoisotopic (exact) mass is 386 g/mol. The molecule has 2 heterocycles. The second-order valence-corrected chi connectivity index (χ2v) is 8.18. The lowest BCUT2D eigenvalue weighted by atomic mass is 9.60. The van der Waals surface area contributed by atoms with E-state index in [1.165, 1.54) is 6.42 Å². The van der Waals surface area contributed by atoms with E-state index in [4.69, 9.17) is 9.47 Å². The number of hydrogen-bond acceptors (Lipinski definition) is 5. The summed E-state index contributed by atoms with van der Waals surface area (Å²) in [5, 5.41) is 3.23. The molecule has 3 aliphatic rings. The first-order valence-electron chi connectivity index (χ1n) is 10.4. The number of rotatable bonds is 8. The van der Waals surface area contributed by atoms with Gasteiger partial charge in [0.25, 0.3) is 5.91 Å². The number of nitrogens with one attached hydrogen (secondary N) is 1. The molecule has 3 aliphatic carbocycles. The maximum atomic E-state index is 12.9. The zero-order valence-corrected chi connectivity index (χ0v) is 17.0. The molecular weight excluding hydrogens is 356 g/mol. The molecule has 3 fully saturated rings. The predicted octanol–water partition coefficient (Wildman–Crippen LogP) is 2.90. The first kappa shape index (κ1) is 19.3. The van der Waals surface area contributed by atoms with Crippen LogP contribution in [0, 0.1) is 18.8 Å². The summed E-state index contributed by atoms with van der Waals surface area (Å²) >= 11 is 0. The van der Waals surface area contributed by atoms with Gasteiger partial charge in [0.15, 0.2) is 11.3 Å². The van der Waals surface area contributed by atoms with Crippen molar-refractivity contribution in [1.29, 1.82) is 0 Å². The number of unbranched alkanes of at least 4 members (excludes halogenated alkanes) is 1. The lowest BCUT2D eigenvalue weighted by Gasteiger charge is -2.52. The normalized spacial score (nSPS) is 26.2. The first-order valence-corrected chi connectivity index (χ1v) is 10.4. The minimum absolute atomic E-state index is 0.131. The highest BCUT2D eigenvalue weighted by atomic mass is 16.5. The van der Waals surface area contributed by atoms with Gasteiger partial charge in [0, 0.05) is 25.5 Å². The van der Waals surface area contributed by atoms with E-state index in [9.17, 15) is 4.79 Å². The van der Waals surface area contributed by atoms with E-state index in [0.717, 1.165) is 43.7 Å². The van der Waals surface area contributed by atoms with Gasteiger partial charge in [0.2, 0.25) is 0 Å². The van der Waals surface area contributed by atoms with E-state index in [0.29, 0.717) is 35.9 Å². The minimum Gasteiger partial charge on any atom is -0.378 e. The van der Waals surface area contributed by atoms with Crippen LogP contribution in [0.2, 0.25) is 0 Å². The van der Waals surface area contributed by atoms with E-state index < -0.39 is 0 Å². The second kappa shape index (κ2) is 8.17. The highest BCUT2D eigenvalue weighted by Gasteiger charge is 2.48. The molecule has 1 amide bonds. The van der Waals surface area contributed by atoms with Crippen LogP contribution >= 0.6 is 0 Å². The van der Waals surface area contributed by atoms with Gasteiger partial charge in [-0.05, 0) is 50.5 Å². The van der Waals surface area contributed by atoms with E-state index >= 15 is 0 Å². The van der Waals surface area contributed by atoms with Gasteiger partial charge >= 0.3 is 0 Å². The molecule has 2 aromatic rings. The summed E-state index contributed by atoms with van der Waals surface area (Å²) < 4.78 is 13.1. The molecule has 0 aromatic carbocycles. The number of ether oxygens (including phenoxy) is 2. The van der Waals surface area contributed by atoms with Gasteiger partial charge in [0.05, 0.1) is 18.4 Å². The van der Waals surface area contributed by atoms with Crippen molar-refractivity contribution < 1.29 is 14.3 Å². The molecule has 0 saturated heterocycles. The van der Waals surface area contributed by atoms with Crippen LogP contribution in [-0.4, -0.2) is 46.1 Å². The van der Waals surface area contributed by atoms with Gasteiger partial charge in [-0.15, -0.1) is 0 Å². The summed E-state index contributed by atoms with van der Waals surface area (Å²) in [5.74, 6) is 0.901. The number of imidazole rings is 1. The van der Waals surface area contributed by atoms with Crippen LogP contribution in [0.4, 0.5) is 0 Å². The number of carbonyl (C=O) groups excluding carboxylic acids is 1. The van der Waals surface area contributed by atoms with Gasteiger partial charge in [0.1, 0.15) is 6.33 Å². The molecular formula is C21H30N4O3. The average molecular weight is 386 g/mol. The average Bonchev–Trinajstić information content (AvgIpc) is 3.10. The zero-order chi connectivity index (χ0) is 19.7. The summed E-state index contributed by atoms with van der Waals surface area (Å²) in [4.78, 5) is 21.8. The number of hydrogen-bond donors (Lipinski definition) is 1. The Morgan fingerprint density at radius 2 is 2.11 bits per heavy atom. The lowest BCUT2D eigenvalue weighted by Crippen LogP contribution is -2.59. The van der Waals surface area contributed by atoms with Crippen LogP contribution in [-0.2, 0) is 16.1 Å². The summed E-state index contributed by atoms with van der Waals surface area (Å²) in [6.45, 7) is 5.40. The van der Waals surface area contributed by atoms with Gasteiger partial charge < -0.3 is 14.8 Å². The lowest BCUT2D eigenvalue weighted by molar-refractivity contribution is -0.0694. The third-order valence-electron chi connectivity index (χ3n) is 6.12. The van der Waals surface area contributed by atoms with Crippen LogP contribution in [0.1, 0.15) is 60.9 Å². The SMILES string of the molecule is CCCCOC1C[C@@H]2C[C@H](C1)C2NC(=O)c1ncn2c(COC)cc(C)nc12. The van der Waals surface area contributed by atoms with Crippen molar-refractivity contribution in [2.45, 2.75) is 64.7 Å². The molecule has 3 saturated carbocycles. The maximum absolute atomic E-state index is 12.9. The Morgan fingerprint density at radius 1 is 1.32 bits per heavy atom. The Balaban J connectivity index is 1.43.